The number of nitrogens with one attached hydrogen (secondary N) is 1. The van der Waals surface area contributed by atoms with Crippen LogP contribution in [0.1, 0.15) is 57.6 Å². The number of pyridine rings is 1. The third-order valence-corrected chi connectivity index (χ3v) is 4.89. The molecule has 0 saturated heterocycles. The van der Waals surface area contributed by atoms with E-state index in [9.17, 15) is 4.79 Å². The first-order valence-corrected chi connectivity index (χ1v) is 9.04. The fourth-order valence-corrected chi connectivity index (χ4v) is 3.20. The molecule has 128 valence electrons. The molecule has 23 heavy (non-hydrogen) atoms. The Labute approximate surface area is 140 Å². The quantitative estimate of drug-likeness (QED) is 0.786. The Morgan fingerprint density at radius 1 is 1.30 bits per heavy atom. The van der Waals surface area contributed by atoms with Crippen LogP contribution in [0.5, 0.6) is 0 Å². The third-order valence-electron chi connectivity index (χ3n) is 4.89. The van der Waals surface area contributed by atoms with Crippen LogP contribution in [0.2, 0.25) is 0 Å². The van der Waals surface area contributed by atoms with Crippen molar-refractivity contribution in [1.82, 2.24) is 15.2 Å². The highest BCUT2D eigenvalue weighted by Gasteiger charge is 2.16. The average Bonchev–Trinajstić information content (AvgIpc) is 2.82. The molecule has 0 aromatic carbocycles. The fourth-order valence-electron chi connectivity index (χ4n) is 3.20. The number of aromatic nitrogens is 1. The summed E-state index contributed by atoms with van der Waals surface area (Å²) < 4.78 is 0. The minimum absolute atomic E-state index is 0.203. The first-order valence-electron chi connectivity index (χ1n) is 9.04. The van der Waals surface area contributed by atoms with E-state index in [4.69, 9.17) is 0 Å². The number of carbonyl (C=O) groups excluding carboxylic acids is 1. The molecule has 1 aromatic heterocycles. The van der Waals surface area contributed by atoms with Crippen molar-refractivity contribution in [3.63, 3.8) is 0 Å². The molecule has 4 heteroatoms. The van der Waals surface area contributed by atoms with Gasteiger partial charge in [-0.3, -0.25) is 9.78 Å². The minimum atomic E-state index is 0.203. The zero-order chi connectivity index (χ0) is 16.5. The van der Waals surface area contributed by atoms with Crippen molar-refractivity contribution < 1.29 is 4.79 Å². The van der Waals surface area contributed by atoms with E-state index in [1.807, 2.05) is 18.3 Å². The minimum Gasteiger partial charge on any atom is -0.353 e. The maximum atomic E-state index is 12.2. The van der Waals surface area contributed by atoms with Gasteiger partial charge in [0.05, 0.1) is 0 Å². The maximum Gasteiger partial charge on any atom is 0.221 e. The molecule has 1 fully saturated rings. The van der Waals surface area contributed by atoms with Crippen LogP contribution in [0, 0.1) is 0 Å². The SMILES string of the molecule is CC(Cc1ccccn1)N(C)CCC(=O)NC1CCCCCC1. The summed E-state index contributed by atoms with van der Waals surface area (Å²) in [6.07, 6.45) is 10.8. The molecule has 1 aliphatic carbocycles. The summed E-state index contributed by atoms with van der Waals surface area (Å²) >= 11 is 0. The van der Waals surface area contributed by atoms with E-state index in [0.29, 0.717) is 18.5 Å². The molecule has 1 amide bonds. The highest BCUT2D eigenvalue weighted by atomic mass is 16.1. The zero-order valence-corrected chi connectivity index (χ0v) is 14.6. The topological polar surface area (TPSA) is 45.2 Å². The lowest BCUT2D eigenvalue weighted by atomic mass is 10.1. The lowest BCUT2D eigenvalue weighted by Crippen LogP contribution is -2.38. The molecule has 4 nitrogen and oxygen atoms in total. The highest BCUT2D eigenvalue weighted by Crippen LogP contribution is 2.17. The monoisotopic (exact) mass is 317 g/mol. The van der Waals surface area contributed by atoms with Gasteiger partial charge in [0.1, 0.15) is 0 Å². The van der Waals surface area contributed by atoms with Gasteiger partial charge in [0.2, 0.25) is 5.91 Å². The largest absolute Gasteiger partial charge is 0.353 e. The Morgan fingerprint density at radius 3 is 2.70 bits per heavy atom. The molecule has 1 aliphatic rings. The second-order valence-electron chi connectivity index (χ2n) is 6.86. The Hall–Kier alpha value is -1.42. The first kappa shape index (κ1) is 17.9. The number of nitrogens with zero attached hydrogens (tertiary/aromatic N) is 2. The molecule has 1 saturated carbocycles. The van der Waals surface area contributed by atoms with Gasteiger partial charge in [-0.25, -0.2) is 0 Å². The van der Waals surface area contributed by atoms with Crippen LogP contribution in [0.15, 0.2) is 24.4 Å². The van der Waals surface area contributed by atoms with Crippen LogP contribution in [-0.4, -0.2) is 41.5 Å². The van der Waals surface area contributed by atoms with E-state index in [2.05, 4.69) is 35.2 Å². The van der Waals surface area contributed by atoms with Gasteiger partial charge in [-0.05, 0) is 38.9 Å². The van der Waals surface area contributed by atoms with Crippen molar-refractivity contribution in [3.05, 3.63) is 30.1 Å². The van der Waals surface area contributed by atoms with E-state index in [1.165, 1.54) is 25.7 Å². The van der Waals surface area contributed by atoms with Gasteiger partial charge in [-0.1, -0.05) is 31.7 Å². The van der Waals surface area contributed by atoms with Gasteiger partial charge < -0.3 is 10.2 Å². The second-order valence-corrected chi connectivity index (χ2v) is 6.86. The molecule has 0 bridgehead atoms. The summed E-state index contributed by atoms with van der Waals surface area (Å²) in [5, 5.41) is 3.22. The van der Waals surface area contributed by atoms with Gasteiger partial charge in [0.25, 0.3) is 0 Å². The van der Waals surface area contributed by atoms with Gasteiger partial charge in [-0.15, -0.1) is 0 Å². The van der Waals surface area contributed by atoms with Gasteiger partial charge >= 0.3 is 0 Å². The molecule has 1 aromatic rings. The van der Waals surface area contributed by atoms with Crippen molar-refractivity contribution in [3.8, 4) is 0 Å². The summed E-state index contributed by atoms with van der Waals surface area (Å²) in [6.45, 7) is 2.99. The number of likely N-dealkylation sites (N-methyl/N-ethyl adjacent to an activating group) is 1. The number of amides is 1. The number of hydrogen-bond acceptors (Lipinski definition) is 3. The van der Waals surface area contributed by atoms with Crippen molar-refractivity contribution in [2.45, 2.75) is 70.4 Å². The Balaban J connectivity index is 1.68. The summed E-state index contributed by atoms with van der Waals surface area (Å²) in [5.74, 6) is 0.203. The van der Waals surface area contributed by atoms with Crippen molar-refractivity contribution >= 4 is 5.91 Å². The lowest BCUT2D eigenvalue weighted by Gasteiger charge is -2.24. The van der Waals surface area contributed by atoms with Gasteiger partial charge in [0.15, 0.2) is 0 Å². The van der Waals surface area contributed by atoms with E-state index >= 15 is 0 Å². The molecule has 0 aliphatic heterocycles. The second kappa shape index (κ2) is 9.66. The summed E-state index contributed by atoms with van der Waals surface area (Å²) in [6, 6.07) is 6.81. The van der Waals surface area contributed by atoms with Crippen LogP contribution in [0.3, 0.4) is 0 Å². The van der Waals surface area contributed by atoms with E-state index in [-0.39, 0.29) is 5.91 Å². The molecule has 0 spiro atoms. The average molecular weight is 317 g/mol. The first-order chi connectivity index (χ1) is 11.1. The van der Waals surface area contributed by atoms with Crippen molar-refractivity contribution in [1.29, 1.82) is 0 Å². The Bertz CT molecular complexity index is 455. The molecular weight excluding hydrogens is 286 g/mol. The molecule has 2 rings (SSSR count). The lowest BCUT2D eigenvalue weighted by molar-refractivity contribution is -0.122. The highest BCUT2D eigenvalue weighted by molar-refractivity contribution is 5.76. The molecule has 0 radical (unpaired) electrons. The van der Waals surface area contributed by atoms with E-state index in [1.54, 1.807) is 0 Å². The molecule has 1 atom stereocenters. The Morgan fingerprint density at radius 2 is 2.04 bits per heavy atom. The zero-order valence-electron chi connectivity index (χ0n) is 14.6. The van der Waals surface area contributed by atoms with E-state index < -0.39 is 0 Å². The van der Waals surface area contributed by atoms with Crippen LogP contribution in [-0.2, 0) is 11.2 Å². The summed E-state index contributed by atoms with van der Waals surface area (Å²) in [4.78, 5) is 18.8. The Kier molecular flexibility index (Phi) is 7.53. The molecular formula is C19H31N3O. The normalized spacial score (nSPS) is 17.7. The molecule has 1 heterocycles. The molecule has 1 unspecified atom stereocenters. The van der Waals surface area contributed by atoms with Crippen LogP contribution in [0.25, 0.3) is 0 Å². The fraction of sp³-hybridized carbons (Fsp3) is 0.684. The third kappa shape index (κ3) is 6.69. The van der Waals surface area contributed by atoms with Gasteiger partial charge in [0, 0.05) is 43.4 Å². The molecule has 1 N–H and O–H groups in total. The van der Waals surface area contributed by atoms with Gasteiger partial charge in [-0.2, -0.15) is 0 Å². The van der Waals surface area contributed by atoms with E-state index in [0.717, 1.165) is 31.5 Å². The smallest absolute Gasteiger partial charge is 0.221 e. The standard InChI is InChI=1S/C19H31N3O/c1-16(15-18-11-7-8-13-20-18)22(2)14-12-19(23)21-17-9-5-3-4-6-10-17/h7-8,11,13,16-17H,3-6,9-10,12,14-15H2,1-2H3,(H,21,23). The summed E-state index contributed by atoms with van der Waals surface area (Å²) in [7, 11) is 2.09. The maximum absolute atomic E-state index is 12.2. The van der Waals surface area contributed by atoms with Crippen molar-refractivity contribution in [2.24, 2.45) is 0 Å². The predicted octanol–water partition coefficient (Wildman–Crippen LogP) is 3.17. The van der Waals surface area contributed by atoms with Crippen LogP contribution >= 0.6 is 0 Å². The van der Waals surface area contributed by atoms with Crippen molar-refractivity contribution in [2.75, 3.05) is 13.6 Å². The van der Waals surface area contributed by atoms with Crippen LogP contribution in [0.4, 0.5) is 0 Å². The number of carbonyl (C=O) groups is 1. The van der Waals surface area contributed by atoms with Crippen LogP contribution < -0.4 is 5.32 Å². The summed E-state index contributed by atoms with van der Waals surface area (Å²) in [5.41, 5.74) is 1.11. The number of hydrogen-bond donors (Lipinski definition) is 1. The predicted molar refractivity (Wildman–Crippen MR) is 94.3 cm³/mol. The number of rotatable bonds is 7.